The standard InChI is InChI=1S/C9H8ClNO2/c1-11-4-7-6(9(11)13)2-5(12)3-8(7)10/h2-3,12H,4H2,1H3. The zero-order chi connectivity index (χ0) is 9.59. The highest BCUT2D eigenvalue weighted by Crippen LogP contribution is 2.31. The molecule has 1 N–H and O–H groups in total. The van der Waals surface area contributed by atoms with Crippen LogP contribution >= 0.6 is 11.6 Å². The molecule has 0 atom stereocenters. The number of amides is 1. The number of carbonyl (C=O) groups excluding carboxylic acids is 1. The van der Waals surface area contributed by atoms with Crippen LogP contribution in [-0.2, 0) is 6.54 Å². The van der Waals surface area contributed by atoms with E-state index in [9.17, 15) is 9.90 Å². The minimum atomic E-state index is -0.0900. The van der Waals surface area contributed by atoms with Crippen molar-refractivity contribution >= 4 is 17.5 Å². The van der Waals surface area contributed by atoms with E-state index < -0.39 is 0 Å². The van der Waals surface area contributed by atoms with E-state index in [2.05, 4.69) is 0 Å². The van der Waals surface area contributed by atoms with Crippen LogP contribution in [0.3, 0.4) is 0 Å². The monoisotopic (exact) mass is 197 g/mol. The first-order valence-electron chi connectivity index (χ1n) is 3.86. The number of hydrogen-bond acceptors (Lipinski definition) is 2. The third-order valence-electron chi connectivity index (χ3n) is 2.15. The third-order valence-corrected chi connectivity index (χ3v) is 2.49. The lowest BCUT2D eigenvalue weighted by atomic mass is 10.1. The van der Waals surface area contributed by atoms with Crippen molar-refractivity contribution in [1.82, 2.24) is 4.90 Å². The van der Waals surface area contributed by atoms with Crippen LogP contribution in [0.5, 0.6) is 5.75 Å². The summed E-state index contributed by atoms with van der Waals surface area (Å²) in [4.78, 5) is 13.0. The normalized spacial score (nSPS) is 14.9. The van der Waals surface area contributed by atoms with Crippen LogP contribution in [0.15, 0.2) is 12.1 Å². The van der Waals surface area contributed by atoms with E-state index in [4.69, 9.17) is 11.6 Å². The summed E-state index contributed by atoms with van der Waals surface area (Å²) in [7, 11) is 1.70. The minimum absolute atomic E-state index is 0.0346. The summed E-state index contributed by atoms with van der Waals surface area (Å²) in [6.07, 6.45) is 0. The molecule has 0 aliphatic carbocycles. The average Bonchev–Trinajstić information content (AvgIpc) is 2.32. The molecule has 3 nitrogen and oxygen atoms in total. The summed E-state index contributed by atoms with van der Waals surface area (Å²) in [5, 5.41) is 9.68. The molecule has 4 heteroatoms. The highest BCUT2D eigenvalue weighted by atomic mass is 35.5. The van der Waals surface area contributed by atoms with Gasteiger partial charge in [0.15, 0.2) is 0 Å². The Kier molecular flexibility index (Phi) is 1.70. The second kappa shape index (κ2) is 2.64. The molecule has 0 aromatic heterocycles. The van der Waals surface area contributed by atoms with E-state index in [0.29, 0.717) is 17.1 Å². The average molecular weight is 198 g/mol. The summed E-state index contributed by atoms with van der Waals surface area (Å²) in [5.41, 5.74) is 1.31. The summed E-state index contributed by atoms with van der Waals surface area (Å²) < 4.78 is 0. The van der Waals surface area contributed by atoms with E-state index >= 15 is 0 Å². The Bertz CT molecular complexity index is 389. The van der Waals surface area contributed by atoms with Gasteiger partial charge in [0.25, 0.3) is 5.91 Å². The topological polar surface area (TPSA) is 40.5 Å². The van der Waals surface area contributed by atoms with Crippen molar-refractivity contribution in [2.75, 3.05) is 7.05 Å². The number of phenolic OH excluding ortho intramolecular Hbond substituents is 1. The Morgan fingerprint density at radius 2 is 2.23 bits per heavy atom. The van der Waals surface area contributed by atoms with Gasteiger partial charge in [0, 0.05) is 24.7 Å². The summed E-state index contributed by atoms with van der Waals surface area (Å²) in [5.74, 6) is -0.0554. The Morgan fingerprint density at radius 3 is 2.92 bits per heavy atom. The van der Waals surface area contributed by atoms with Gasteiger partial charge in [0.1, 0.15) is 5.75 Å². The van der Waals surface area contributed by atoms with E-state index in [0.717, 1.165) is 5.56 Å². The van der Waals surface area contributed by atoms with Crippen molar-refractivity contribution in [2.45, 2.75) is 6.54 Å². The van der Waals surface area contributed by atoms with Crippen molar-refractivity contribution < 1.29 is 9.90 Å². The molecule has 0 saturated heterocycles. The van der Waals surface area contributed by atoms with E-state index in [1.54, 1.807) is 11.9 Å². The van der Waals surface area contributed by atoms with Gasteiger partial charge in [-0.1, -0.05) is 11.6 Å². The molecule has 1 amide bonds. The zero-order valence-corrected chi connectivity index (χ0v) is 7.80. The van der Waals surface area contributed by atoms with E-state index in [-0.39, 0.29) is 11.7 Å². The first-order valence-corrected chi connectivity index (χ1v) is 4.24. The van der Waals surface area contributed by atoms with E-state index in [1.807, 2.05) is 0 Å². The van der Waals surface area contributed by atoms with Crippen LogP contribution < -0.4 is 0 Å². The van der Waals surface area contributed by atoms with Gasteiger partial charge in [-0.2, -0.15) is 0 Å². The molecule has 2 rings (SSSR count). The van der Waals surface area contributed by atoms with Crippen LogP contribution in [0.2, 0.25) is 5.02 Å². The molecule has 1 aliphatic heterocycles. The fraction of sp³-hybridized carbons (Fsp3) is 0.222. The van der Waals surface area contributed by atoms with Crippen molar-refractivity contribution in [1.29, 1.82) is 0 Å². The maximum atomic E-state index is 11.5. The van der Waals surface area contributed by atoms with Crippen molar-refractivity contribution in [3.05, 3.63) is 28.3 Å². The Hall–Kier alpha value is -1.22. The molecule has 0 fully saturated rings. The second-order valence-electron chi connectivity index (χ2n) is 3.11. The molecule has 1 aromatic carbocycles. The molecule has 68 valence electrons. The molecule has 1 aromatic rings. The molecular weight excluding hydrogens is 190 g/mol. The van der Waals surface area contributed by atoms with Crippen LogP contribution in [0.25, 0.3) is 0 Å². The predicted molar refractivity (Wildman–Crippen MR) is 48.9 cm³/mol. The number of fused-ring (bicyclic) bond motifs is 1. The van der Waals surface area contributed by atoms with Crippen LogP contribution in [-0.4, -0.2) is 23.0 Å². The quantitative estimate of drug-likeness (QED) is 0.687. The van der Waals surface area contributed by atoms with Crippen LogP contribution in [0, 0.1) is 0 Å². The van der Waals surface area contributed by atoms with Gasteiger partial charge in [-0.25, -0.2) is 0 Å². The number of phenols is 1. The fourth-order valence-electron chi connectivity index (χ4n) is 1.49. The molecule has 0 spiro atoms. The molecular formula is C9H8ClNO2. The Labute approximate surface area is 80.5 Å². The van der Waals surface area contributed by atoms with Crippen molar-refractivity contribution in [2.24, 2.45) is 0 Å². The highest BCUT2D eigenvalue weighted by Gasteiger charge is 2.26. The molecule has 0 unspecified atom stereocenters. The van der Waals surface area contributed by atoms with Gasteiger partial charge >= 0.3 is 0 Å². The fourth-order valence-corrected chi connectivity index (χ4v) is 1.76. The molecule has 0 bridgehead atoms. The largest absolute Gasteiger partial charge is 0.508 e. The number of hydrogen-bond donors (Lipinski definition) is 1. The van der Waals surface area contributed by atoms with Gasteiger partial charge in [-0.15, -0.1) is 0 Å². The van der Waals surface area contributed by atoms with Gasteiger partial charge in [0.05, 0.1) is 5.02 Å². The molecule has 1 heterocycles. The maximum absolute atomic E-state index is 11.5. The number of benzene rings is 1. The van der Waals surface area contributed by atoms with Gasteiger partial charge in [-0.05, 0) is 12.1 Å². The van der Waals surface area contributed by atoms with Gasteiger partial charge < -0.3 is 10.0 Å². The highest BCUT2D eigenvalue weighted by molar-refractivity contribution is 6.32. The number of nitrogens with zero attached hydrogens (tertiary/aromatic N) is 1. The molecule has 0 radical (unpaired) electrons. The summed E-state index contributed by atoms with van der Waals surface area (Å²) in [6, 6.07) is 2.90. The van der Waals surface area contributed by atoms with Crippen molar-refractivity contribution in [3.8, 4) is 5.75 Å². The SMILES string of the molecule is CN1Cc2c(Cl)cc(O)cc2C1=O. The molecule has 0 saturated carbocycles. The lowest BCUT2D eigenvalue weighted by molar-refractivity contribution is 0.0816. The predicted octanol–water partition coefficient (Wildman–Crippen LogP) is 1.63. The minimum Gasteiger partial charge on any atom is -0.508 e. The Balaban J connectivity index is 2.64. The third kappa shape index (κ3) is 1.16. The molecule has 13 heavy (non-hydrogen) atoms. The lowest BCUT2D eigenvalue weighted by Crippen LogP contribution is -2.17. The molecule has 1 aliphatic rings. The number of carbonyl (C=O) groups is 1. The number of rotatable bonds is 0. The van der Waals surface area contributed by atoms with Gasteiger partial charge in [-0.3, -0.25) is 4.79 Å². The lowest BCUT2D eigenvalue weighted by Gasteiger charge is -2.04. The van der Waals surface area contributed by atoms with Crippen LogP contribution in [0.1, 0.15) is 15.9 Å². The number of aromatic hydroxyl groups is 1. The Morgan fingerprint density at radius 1 is 1.54 bits per heavy atom. The first kappa shape index (κ1) is 8.38. The van der Waals surface area contributed by atoms with E-state index in [1.165, 1.54) is 12.1 Å². The van der Waals surface area contributed by atoms with Crippen LogP contribution in [0.4, 0.5) is 0 Å². The smallest absolute Gasteiger partial charge is 0.254 e. The second-order valence-corrected chi connectivity index (χ2v) is 3.52. The maximum Gasteiger partial charge on any atom is 0.254 e. The van der Waals surface area contributed by atoms with Gasteiger partial charge in [0.2, 0.25) is 0 Å². The first-order chi connectivity index (χ1) is 6.09. The zero-order valence-electron chi connectivity index (χ0n) is 7.04. The summed E-state index contributed by atoms with van der Waals surface area (Å²) >= 11 is 5.87. The van der Waals surface area contributed by atoms with Crippen molar-refractivity contribution in [3.63, 3.8) is 0 Å². The summed E-state index contributed by atoms with van der Waals surface area (Å²) in [6.45, 7) is 0.521. The number of halogens is 1.